The van der Waals surface area contributed by atoms with Gasteiger partial charge in [-0.1, -0.05) is 30.3 Å². The fourth-order valence-electron chi connectivity index (χ4n) is 3.06. The highest BCUT2D eigenvalue weighted by Gasteiger charge is 2.16. The number of imidazole rings is 1. The molecule has 0 spiro atoms. The lowest BCUT2D eigenvalue weighted by atomic mass is 10.1. The third-order valence-corrected chi connectivity index (χ3v) is 4.47. The van der Waals surface area contributed by atoms with Crippen molar-refractivity contribution in [2.75, 3.05) is 5.32 Å². The van der Waals surface area contributed by atoms with Crippen LogP contribution < -0.4 is 15.8 Å². The Morgan fingerprint density at radius 3 is 2.52 bits per heavy atom. The molecule has 3 N–H and O–H groups in total. The molecule has 8 heteroatoms. The summed E-state index contributed by atoms with van der Waals surface area (Å²) in [6.07, 6.45) is 4.18. The van der Waals surface area contributed by atoms with Gasteiger partial charge in [0.2, 0.25) is 5.91 Å². The summed E-state index contributed by atoms with van der Waals surface area (Å²) in [5.74, 6) is 0.575. The Balaban J connectivity index is 0.00000240. The van der Waals surface area contributed by atoms with E-state index in [9.17, 15) is 4.79 Å². The Bertz CT molecular complexity index is 961. The van der Waals surface area contributed by atoms with Gasteiger partial charge in [0.25, 0.3) is 0 Å². The number of amides is 1. The number of hydrogen-bond acceptors (Lipinski definition) is 4. The first-order valence-corrected chi connectivity index (χ1v) is 9.79. The van der Waals surface area contributed by atoms with Crippen LogP contribution in [0.5, 0.6) is 5.75 Å². The van der Waals surface area contributed by atoms with E-state index in [0.717, 1.165) is 23.6 Å². The third kappa shape index (κ3) is 7.90. The number of anilines is 1. The molecule has 1 atom stereocenters. The average molecular weight is 465 g/mol. The van der Waals surface area contributed by atoms with Gasteiger partial charge >= 0.3 is 0 Å². The molecule has 168 valence electrons. The summed E-state index contributed by atoms with van der Waals surface area (Å²) in [5.41, 5.74) is 9.76. The molecule has 0 aliphatic rings. The number of carbonyl (C=O) groups is 1. The van der Waals surface area contributed by atoms with E-state index >= 15 is 0 Å². The van der Waals surface area contributed by atoms with Crippen LogP contribution in [0.2, 0.25) is 0 Å². The predicted molar refractivity (Wildman–Crippen MR) is 130 cm³/mol. The van der Waals surface area contributed by atoms with Crippen molar-refractivity contribution in [2.24, 2.45) is 5.73 Å². The number of nitrogens with zero attached hydrogens (tertiary/aromatic N) is 2. The van der Waals surface area contributed by atoms with E-state index in [1.807, 2.05) is 67.9 Å². The van der Waals surface area contributed by atoms with Gasteiger partial charge in [-0.25, -0.2) is 4.98 Å². The van der Waals surface area contributed by atoms with E-state index in [0.29, 0.717) is 12.1 Å². The normalized spacial score (nSPS) is 11.3. The Morgan fingerprint density at radius 2 is 1.87 bits per heavy atom. The second kappa shape index (κ2) is 12.3. The Morgan fingerprint density at radius 1 is 1.16 bits per heavy atom. The van der Waals surface area contributed by atoms with Gasteiger partial charge in [0.05, 0.1) is 24.2 Å². The van der Waals surface area contributed by atoms with Crippen molar-refractivity contribution in [3.63, 3.8) is 0 Å². The van der Waals surface area contributed by atoms with Gasteiger partial charge < -0.3 is 20.4 Å². The first-order valence-electron chi connectivity index (χ1n) is 9.79. The van der Waals surface area contributed by atoms with Crippen LogP contribution in [0.4, 0.5) is 5.69 Å². The summed E-state index contributed by atoms with van der Waals surface area (Å²) in [5, 5.41) is 2.88. The summed E-state index contributed by atoms with van der Waals surface area (Å²) in [6, 6.07) is 15.0. The van der Waals surface area contributed by atoms with Crippen molar-refractivity contribution >= 4 is 36.4 Å². The second-order valence-corrected chi connectivity index (χ2v) is 7.47. The number of carbonyl (C=O) groups excluding carboxylic acids is 1. The molecule has 0 fully saturated rings. The number of nitrogens with two attached hydrogens (primary N) is 1. The molecule has 0 bridgehead atoms. The molecule has 1 aromatic heterocycles. The fraction of sp³-hybridized carbons (Fsp3) is 0.304. The predicted octanol–water partition coefficient (Wildman–Crippen LogP) is 4.38. The highest BCUT2D eigenvalue weighted by molar-refractivity contribution is 5.95. The van der Waals surface area contributed by atoms with Crippen LogP contribution in [0.1, 0.15) is 30.7 Å². The molecule has 0 aliphatic carbocycles. The molecule has 1 heterocycles. The zero-order valence-electron chi connectivity index (χ0n) is 17.9. The number of halogens is 2. The van der Waals surface area contributed by atoms with Crippen LogP contribution in [0.25, 0.3) is 0 Å². The second-order valence-electron chi connectivity index (χ2n) is 7.47. The van der Waals surface area contributed by atoms with E-state index in [2.05, 4.69) is 22.4 Å². The number of hydrogen-bond donors (Lipinski definition) is 2. The smallest absolute Gasteiger partial charge is 0.241 e. The fourth-order valence-corrected chi connectivity index (χ4v) is 3.06. The Labute approximate surface area is 196 Å². The quantitative estimate of drug-likeness (QED) is 0.517. The van der Waals surface area contributed by atoms with Crippen LogP contribution in [-0.2, 0) is 17.8 Å². The van der Waals surface area contributed by atoms with E-state index < -0.39 is 6.04 Å². The zero-order chi connectivity index (χ0) is 20.8. The summed E-state index contributed by atoms with van der Waals surface area (Å²) in [7, 11) is 0. The Hall–Kier alpha value is -2.54. The first-order chi connectivity index (χ1) is 13.9. The van der Waals surface area contributed by atoms with Gasteiger partial charge in [0.1, 0.15) is 5.75 Å². The lowest BCUT2D eigenvalue weighted by Crippen LogP contribution is -2.37. The minimum Gasteiger partial charge on any atom is -0.491 e. The van der Waals surface area contributed by atoms with E-state index in [-0.39, 0.29) is 36.8 Å². The molecular formula is C23H30Cl2N4O2. The van der Waals surface area contributed by atoms with Gasteiger partial charge in [-0.15, -0.1) is 24.8 Å². The first kappa shape index (κ1) is 26.5. The number of benzene rings is 2. The standard InChI is InChI=1S/C23H28N4O2.2ClH/c1-16(2)29-22-10-9-19(11-17(22)3)26-23(28)21(24)12-20-14-27(15-25-20)13-18-7-5-4-6-8-18;;/h4-11,14-16,21H,12-13,24H2,1-3H3,(H,26,28);2*1H/t21-;;/m0../s1. The van der Waals surface area contributed by atoms with Crippen molar-refractivity contribution < 1.29 is 9.53 Å². The minimum atomic E-state index is -0.679. The number of aryl methyl sites for hydroxylation is 1. The number of nitrogens with one attached hydrogen (secondary N) is 1. The molecule has 0 saturated heterocycles. The molecule has 3 rings (SSSR count). The third-order valence-electron chi connectivity index (χ3n) is 4.47. The maximum absolute atomic E-state index is 12.5. The van der Waals surface area contributed by atoms with Gasteiger partial charge in [-0.05, 0) is 50.1 Å². The highest BCUT2D eigenvalue weighted by atomic mass is 35.5. The lowest BCUT2D eigenvalue weighted by molar-refractivity contribution is -0.117. The van der Waals surface area contributed by atoms with Crippen LogP contribution >= 0.6 is 24.8 Å². The summed E-state index contributed by atoms with van der Waals surface area (Å²) >= 11 is 0. The molecule has 1 amide bonds. The molecule has 0 saturated carbocycles. The minimum absolute atomic E-state index is 0. The van der Waals surface area contributed by atoms with Crippen molar-refractivity contribution in [1.82, 2.24) is 9.55 Å². The summed E-state index contributed by atoms with van der Waals surface area (Å²) < 4.78 is 7.72. The zero-order valence-corrected chi connectivity index (χ0v) is 19.6. The van der Waals surface area contributed by atoms with E-state index in [4.69, 9.17) is 10.5 Å². The molecule has 6 nitrogen and oxygen atoms in total. The molecule has 0 radical (unpaired) electrons. The van der Waals surface area contributed by atoms with Crippen molar-refractivity contribution in [2.45, 2.75) is 45.9 Å². The van der Waals surface area contributed by atoms with Gasteiger partial charge in [-0.3, -0.25) is 4.79 Å². The SMILES string of the molecule is Cc1cc(NC(=O)[C@@H](N)Cc2cn(Cc3ccccc3)cn2)ccc1OC(C)C.Cl.Cl. The lowest BCUT2D eigenvalue weighted by Gasteiger charge is -2.15. The van der Waals surface area contributed by atoms with Crippen molar-refractivity contribution in [1.29, 1.82) is 0 Å². The topological polar surface area (TPSA) is 82.2 Å². The molecule has 0 aliphatic heterocycles. The van der Waals surface area contributed by atoms with Crippen LogP contribution in [0.15, 0.2) is 61.1 Å². The number of aromatic nitrogens is 2. The molecule has 31 heavy (non-hydrogen) atoms. The van der Waals surface area contributed by atoms with Gasteiger partial charge in [0.15, 0.2) is 0 Å². The molecule has 0 unspecified atom stereocenters. The van der Waals surface area contributed by atoms with Crippen LogP contribution in [0.3, 0.4) is 0 Å². The van der Waals surface area contributed by atoms with E-state index in [1.165, 1.54) is 5.56 Å². The molecule has 2 aromatic carbocycles. The van der Waals surface area contributed by atoms with Crippen molar-refractivity contribution in [3.8, 4) is 5.75 Å². The summed E-state index contributed by atoms with van der Waals surface area (Å²) in [4.78, 5) is 16.9. The molecular weight excluding hydrogens is 435 g/mol. The largest absolute Gasteiger partial charge is 0.491 e. The van der Waals surface area contributed by atoms with Crippen molar-refractivity contribution in [3.05, 3.63) is 77.9 Å². The average Bonchev–Trinajstić information content (AvgIpc) is 3.11. The Kier molecular flexibility index (Phi) is 10.6. The van der Waals surface area contributed by atoms with E-state index in [1.54, 1.807) is 6.33 Å². The van der Waals surface area contributed by atoms with Gasteiger partial charge in [-0.2, -0.15) is 0 Å². The maximum atomic E-state index is 12.5. The van der Waals surface area contributed by atoms with Gasteiger partial charge in [0, 0.05) is 24.8 Å². The number of rotatable bonds is 8. The molecule has 3 aromatic rings. The summed E-state index contributed by atoms with van der Waals surface area (Å²) in [6.45, 7) is 6.65. The number of ether oxygens (including phenoxy) is 1. The van der Waals surface area contributed by atoms with Crippen LogP contribution in [-0.4, -0.2) is 27.6 Å². The maximum Gasteiger partial charge on any atom is 0.241 e. The van der Waals surface area contributed by atoms with Crippen LogP contribution in [0, 0.1) is 6.92 Å². The monoisotopic (exact) mass is 464 g/mol. The highest BCUT2D eigenvalue weighted by Crippen LogP contribution is 2.23.